The maximum absolute atomic E-state index is 12.3. The molecule has 29 heavy (non-hydrogen) atoms. The average molecular weight is 396 g/mol. The third-order valence-corrected chi connectivity index (χ3v) is 4.93. The van der Waals surface area contributed by atoms with Crippen LogP contribution in [-0.2, 0) is 16.0 Å². The van der Waals surface area contributed by atoms with Crippen LogP contribution in [0.5, 0.6) is 0 Å². The standard InChI is InChI=1S/C21H24N4O4/c26-20-14-17(15-24(20)13-10-16-4-2-1-3-5-16)21(27)23-12-11-22-18-6-8-19(9-7-18)25(28)29/h1-9,17,22H,10-15H2,(H,23,27)/t17-/m1/s1. The first-order valence-electron chi connectivity index (χ1n) is 9.60. The van der Waals surface area contributed by atoms with E-state index in [4.69, 9.17) is 0 Å². The molecule has 2 amide bonds. The fourth-order valence-corrected chi connectivity index (χ4v) is 3.31. The molecule has 3 rings (SSSR count). The largest absolute Gasteiger partial charge is 0.383 e. The molecule has 152 valence electrons. The molecule has 1 saturated heterocycles. The van der Waals surface area contributed by atoms with Gasteiger partial charge in [-0.25, -0.2) is 0 Å². The van der Waals surface area contributed by atoms with Crippen LogP contribution in [0, 0.1) is 16.0 Å². The zero-order valence-corrected chi connectivity index (χ0v) is 16.0. The van der Waals surface area contributed by atoms with Crippen molar-refractivity contribution in [3.8, 4) is 0 Å². The average Bonchev–Trinajstić information content (AvgIpc) is 3.11. The quantitative estimate of drug-likeness (QED) is 0.384. The number of nitro benzene ring substituents is 1. The highest BCUT2D eigenvalue weighted by Crippen LogP contribution is 2.18. The minimum atomic E-state index is -0.448. The molecule has 1 aliphatic rings. The highest BCUT2D eigenvalue weighted by atomic mass is 16.6. The number of likely N-dealkylation sites (tertiary alicyclic amines) is 1. The lowest BCUT2D eigenvalue weighted by molar-refractivity contribution is -0.384. The zero-order valence-electron chi connectivity index (χ0n) is 16.0. The molecule has 2 N–H and O–H groups in total. The van der Waals surface area contributed by atoms with Gasteiger partial charge in [0, 0.05) is 50.4 Å². The van der Waals surface area contributed by atoms with E-state index in [1.165, 1.54) is 17.7 Å². The molecule has 1 fully saturated rings. The molecular formula is C21H24N4O4. The number of nitrogens with one attached hydrogen (secondary N) is 2. The van der Waals surface area contributed by atoms with Gasteiger partial charge in [0.1, 0.15) is 0 Å². The normalized spacial score (nSPS) is 15.9. The summed E-state index contributed by atoms with van der Waals surface area (Å²) < 4.78 is 0. The Bertz CT molecular complexity index is 855. The summed E-state index contributed by atoms with van der Waals surface area (Å²) in [5.74, 6) is -0.422. The number of nitro groups is 1. The Kier molecular flexibility index (Phi) is 6.78. The second-order valence-corrected chi connectivity index (χ2v) is 7.00. The number of benzene rings is 2. The first-order valence-corrected chi connectivity index (χ1v) is 9.60. The number of nitrogens with zero attached hydrogens (tertiary/aromatic N) is 2. The Morgan fingerprint density at radius 2 is 1.83 bits per heavy atom. The molecule has 0 radical (unpaired) electrons. The molecule has 8 nitrogen and oxygen atoms in total. The molecule has 0 spiro atoms. The van der Waals surface area contributed by atoms with E-state index in [2.05, 4.69) is 10.6 Å². The van der Waals surface area contributed by atoms with Gasteiger partial charge in [0.25, 0.3) is 5.69 Å². The Morgan fingerprint density at radius 1 is 1.10 bits per heavy atom. The summed E-state index contributed by atoms with van der Waals surface area (Å²) >= 11 is 0. The fraction of sp³-hybridized carbons (Fsp3) is 0.333. The Labute approximate surface area is 169 Å². The van der Waals surface area contributed by atoms with Gasteiger partial charge in [0.15, 0.2) is 0 Å². The van der Waals surface area contributed by atoms with Crippen molar-refractivity contribution in [1.29, 1.82) is 0 Å². The van der Waals surface area contributed by atoms with Crippen LogP contribution in [-0.4, -0.2) is 47.8 Å². The molecule has 1 atom stereocenters. The van der Waals surface area contributed by atoms with E-state index in [0.717, 1.165) is 12.1 Å². The van der Waals surface area contributed by atoms with E-state index in [1.54, 1.807) is 17.0 Å². The number of carbonyl (C=O) groups excluding carboxylic acids is 2. The first kappa shape index (κ1) is 20.3. The summed E-state index contributed by atoms with van der Waals surface area (Å²) in [6.45, 7) is 1.97. The summed E-state index contributed by atoms with van der Waals surface area (Å²) in [5.41, 5.74) is 1.95. The summed E-state index contributed by atoms with van der Waals surface area (Å²) in [6.07, 6.45) is 1.02. The molecule has 1 aliphatic heterocycles. The van der Waals surface area contributed by atoms with Crippen LogP contribution < -0.4 is 10.6 Å². The third kappa shape index (κ3) is 5.78. The summed E-state index contributed by atoms with van der Waals surface area (Å²) in [7, 11) is 0. The Hall–Kier alpha value is -3.42. The van der Waals surface area contributed by atoms with Gasteiger partial charge in [-0.15, -0.1) is 0 Å². The maximum atomic E-state index is 12.3. The first-order chi connectivity index (χ1) is 14.0. The highest BCUT2D eigenvalue weighted by molar-refractivity contribution is 5.89. The Balaban J connectivity index is 1.37. The second kappa shape index (κ2) is 9.68. The molecule has 1 heterocycles. The van der Waals surface area contributed by atoms with Crippen LogP contribution in [0.3, 0.4) is 0 Å². The lowest BCUT2D eigenvalue weighted by atomic mass is 10.1. The van der Waals surface area contributed by atoms with Gasteiger partial charge in [0.2, 0.25) is 11.8 Å². The van der Waals surface area contributed by atoms with Gasteiger partial charge in [-0.2, -0.15) is 0 Å². The van der Waals surface area contributed by atoms with Crippen molar-refractivity contribution in [3.05, 3.63) is 70.3 Å². The number of non-ortho nitro benzene ring substituents is 1. The van der Waals surface area contributed by atoms with E-state index in [1.807, 2.05) is 30.3 Å². The maximum Gasteiger partial charge on any atom is 0.269 e. The minimum absolute atomic E-state index is 0.0186. The molecule has 0 aliphatic carbocycles. The number of hydrogen-bond acceptors (Lipinski definition) is 5. The molecular weight excluding hydrogens is 372 g/mol. The predicted molar refractivity (Wildman–Crippen MR) is 109 cm³/mol. The molecule has 0 unspecified atom stereocenters. The number of carbonyl (C=O) groups is 2. The molecule has 0 bridgehead atoms. The zero-order chi connectivity index (χ0) is 20.6. The van der Waals surface area contributed by atoms with Crippen LogP contribution in [0.4, 0.5) is 11.4 Å². The van der Waals surface area contributed by atoms with Gasteiger partial charge in [-0.05, 0) is 24.1 Å². The van der Waals surface area contributed by atoms with Crippen molar-refractivity contribution in [2.45, 2.75) is 12.8 Å². The predicted octanol–water partition coefficient (Wildman–Crippen LogP) is 2.21. The molecule has 0 aromatic heterocycles. The SMILES string of the molecule is O=C(NCCNc1ccc([N+](=O)[O-])cc1)[C@@H]1CC(=O)N(CCc2ccccc2)C1. The van der Waals surface area contributed by atoms with Crippen LogP contribution in [0.2, 0.25) is 0 Å². The molecule has 0 saturated carbocycles. The topological polar surface area (TPSA) is 105 Å². The van der Waals surface area contributed by atoms with Crippen molar-refractivity contribution in [1.82, 2.24) is 10.2 Å². The van der Waals surface area contributed by atoms with Crippen LogP contribution in [0.1, 0.15) is 12.0 Å². The Morgan fingerprint density at radius 3 is 2.52 bits per heavy atom. The second-order valence-electron chi connectivity index (χ2n) is 7.00. The van der Waals surface area contributed by atoms with E-state index in [0.29, 0.717) is 26.2 Å². The number of rotatable bonds is 9. The third-order valence-electron chi connectivity index (χ3n) is 4.93. The van der Waals surface area contributed by atoms with E-state index >= 15 is 0 Å². The summed E-state index contributed by atoms with van der Waals surface area (Å²) in [6, 6.07) is 16.1. The molecule has 8 heteroatoms. The van der Waals surface area contributed by atoms with E-state index < -0.39 is 4.92 Å². The van der Waals surface area contributed by atoms with E-state index in [-0.39, 0.29) is 29.8 Å². The minimum Gasteiger partial charge on any atom is -0.383 e. The van der Waals surface area contributed by atoms with Crippen molar-refractivity contribution >= 4 is 23.2 Å². The van der Waals surface area contributed by atoms with Crippen LogP contribution in [0.15, 0.2) is 54.6 Å². The summed E-state index contributed by atoms with van der Waals surface area (Å²) in [4.78, 5) is 36.5. The van der Waals surface area contributed by atoms with Gasteiger partial charge in [-0.1, -0.05) is 30.3 Å². The number of amides is 2. The van der Waals surface area contributed by atoms with Gasteiger partial charge < -0.3 is 15.5 Å². The van der Waals surface area contributed by atoms with E-state index in [9.17, 15) is 19.7 Å². The lowest BCUT2D eigenvalue weighted by Gasteiger charge is -2.16. The van der Waals surface area contributed by atoms with Crippen molar-refractivity contribution in [2.75, 3.05) is 31.5 Å². The number of anilines is 1. The van der Waals surface area contributed by atoms with Crippen molar-refractivity contribution < 1.29 is 14.5 Å². The monoisotopic (exact) mass is 396 g/mol. The van der Waals surface area contributed by atoms with Crippen LogP contribution in [0.25, 0.3) is 0 Å². The number of hydrogen-bond donors (Lipinski definition) is 2. The van der Waals surface area contributed by atoms with Gasteiger partial charge in [0.05, 0.1) is 10.8 Å². The smallest absolute Gasteiger partial charge is 0.269 e. The van der Waals surface area contributed by atoms with Gasteiger partial charge >= 0.3 is 0 Å². The highest BCUT2D eigenvalue weighted by Gasteiger charge is 2.33. The summed E-state index contributed by atoms with van der Waals surface area (Å²) in [5, 5.41) is 16.6. The van der Waals surface area contributed by atoms with Gasteiger partial charge in [-0.3, -0.25) is 19.7 Å². The molecule has 2 aromatic carbocycles. The fourth-order valence-electron chi connectivity index (χ4n) is 3.31. The van der Waals surface area contributed by atoms with Crippen molar-refractivity contribution in [2.24, 2.45) is 5.92 Å². The van der Waals surface area contributed by atoms with Crippen molar-refractivity contribution in [3.63, 3.8) is 0 Å². The molecule has 2 aromatic rings. The lowest BCUT2D eigenvalue weighted by Crippen LogP contribution is -2.35. The van der Waals surface area contributed by atoms with Crippen LogP contribution >= 0.6 is 0 Å².